The molecule has 0 aliphatic carbocycles. The molecule has 72 valence electrons. The highest BCUT2D eigenvalue weighted by Gasteiger charge is 2.30. The van der Waals surface area contributed by atoms with Gasteiger partial charge in [0.05, 0.1) is 0 Å². The summed E-state index contributed by atoms with van der Waals surface area (Å²) in [4.78, 5) is 23.1. The molecule has 0 aromatic carbocycles. The van der Waals surface area contributed by atoms with E-state index in [1.807, 2.05) is 0 Å². The molecule has 0 aromatic rings. The molecular weight excluding hydrogens is 168 g/mol. The molecule has 2 amide bonds. The quantitative estimate of drug-likeness (QED) is 0.548. The van der Waals surface area contributed by atoms with Crippen LogP contribution in [0.5, 0.6) is 0 Å². The van der Waals surface area contributed by atoms with Crippen LogP contribution in [0.3, 0.4) is 0 Å². The lowest BCUT2D eigenvalue weighted by molar-refractivity contribution is -0.164. The zero-order valence-electron chi connectivity index (χ0n) is 7.66. The van der Waals surface area contributed by atoms with Gasteiger partial charge in [0, 0.05) is 25.9 Å². The van der Waals surface area contributed by atoms with Gasteiger partial charge < -0.3 is 0 Å². The highest BCUT2D eigenvalue weighted by molar-refractivity contribution is 5.84. The Morgan fingerprint density at radius 2 is 1.23 bits per heavy atom. The van der Waals surface area contributed by atoms with Gasteiger partial charge in [0.2, 0.25) is 11.8 Å². The molecular formula is C9H14N2O2. The monoisotopic (exact) mass is 182 g/mol. The molecule has 13 heavy (non-hydrogen) atoms. The Hall–Kier alpha value is -1.06. The summed E-state index contributed by atoms with van der Waals surface area (Å²) in [6, 6.07) is 0. The second-order valence-corrected chi connectivity index (χ2v) is 3.59. The third-order valence-corrected chi connectivity index (χ3v) is 2.64. The average Bonchev–Trinajstić information content (AvgIpc) is 2.29. The predicted octanol–water partition coefficient (Wildman–Crippen LogP) is 0.536. The van der Waals surface area contributed by atoms with Crippen LogP contribution < -0.4 is 0 Å². The van der Waals surface area contributed by atoms with E-state index < -0.39 is 0 Å². The summed E-state index contributed by atoms with van der Waals surface area (Å²) < 4.78 is 0. The molecule has 0 unspecified atom stereocenters. The van der Waals surface area contributed by atoms with Crippen LogP contribution in [-0.4, -0.2) is 34.9 Å². The number of rotatable bonds is 0. The Labute approximate surface area is 77.5 Å². The molecule has 4 heteroatoms. The number of nitrogens with zero attached hydrogens (tertiary/aromatic N) is 2. The van der Waals surface area contributed by atoms with Gasteiger partial charge in [-0.1, -0.05) is 0 Å². The predicted molar refractivity (Wildman–Crippen MR) is 46.5 cm³/mol. The second-order valence-electron chi connectivity index (χ2n) is 3.59. The van der Waals surface area contributed by atoms with Crippen molar-refractivity contribution in [3.8, 4) is 0 Å². The number of carbonyl (C=O) groups is 2. The summed E-state index contributed by atoms with van der Waals surface area (Å²) >= 11 is 0. The van der Waals surface area contributed by atoms with E-state index in [0.717, 1.165) is 25.9 Å². The van der Waals surface area contributed by atoms with Crippen LogP contribution in [-0.2, 0) is 9.59 Å². The van der Waals surface area contributed by atoms with Gasteiger partial charge in [0.1, 0.15) is 0 Å². The molecule has 2 saturated heterocycles. The van der Waals surface area contributed by atoms with Gasteiger partial charge in [-0.25, -0.2) is 0 Å². The smallest absolute Gasteiger partial charge is 0.241 e. The Bertz CT molecular complexity index is 216. The molecule has 2 rings (SSSR count). The Morgan fingerprint density at radius 1 is 0.769 bits per heavy atom. The van der Waals surface area contributed by atoms with E-state index in [1.165, 1.54) is 0 Å². The highest BCUT2D eigenvalue weighted by Crippen LogP contribution is 2.18. The topological polar surface area (TPSA) is 40.6 Å². The minimum Gasteiger partial charge on any atom is -0.273 e. The van der Waals surface area contributed by atoms with Gasteiger partial charge in [-0.05, 0) is 19.3 Å². The van der Waals surface area contributed by atoms with Crippen molar-refractivity contribution in [1.82, 2.24) is 10.0 Å². The molecule has 2 aliphatic heterocycles. The Kier molecular flexibility index (Phi) is 2.20. The number of fused-ring (bicyclic) bond motifs is 1. The van der Waals surface area contributed by atoms with Crippen molar-refractivity contribution in [2.24, 2.45) is 0 Å². The largest absolute Gasteiger partial charge is 0.273 e. The van der Waals surface area contributed by atoms with E-state index in [9.17, 15) is 9.59 Å². The maximum Gasteiger partial charge on any atom is 0.241 e. The van der Waals surface area contributed by atoms with Crippen molar-refractivity contribution in [2.75, 3.05) is 13.1 Å². The molecule has 0 spiro atoms. The SMILES string of the molecule is O=C1CCCC(=O)N2CCCCN12. The van der Waals surface area contributed by atoms with Crippen LogP contribution in [0.1, 0.15) is 32.1 Å². The van der Waals surface area contributed by atoms with Gasteiger partial charge in [-0.15, -0.1) is 0 Å². The van der Waals surface area contributed by atoms with E-state index in [0.29, 0.717) is 19.3 Å². The molecule has 0 N–H and O–H groups in total. The zero-order chi connectivity index (χ0) is 9.26. The van der Waals surface area contributed by atoms with Crippen molar-refractivity contribution in [3.05, 3.63) is 0 Å². The summed E-state index contributed by atoms with van der Waals surface area (Å²) in [5, 5.41) is 3.28. The normalized spacial score (nSPS) is 24.3. The van der Waals surface area contributed by atoms with Crippen LogP contribution in [0.4, 0.5) is 0 Å². The standard InChI is InChI=1S/C9H14N2O2/c12-8-4-3-5-9(13)11-7-2-1-6-10(8)11/h1-7H2. The van der Waals surface area contributed by atoms with Crippen molar-refractivity contribution in [2.45, 2.75) is 32.1 Å². The number of amides is 2. The summed E-state index contributed by atoms with van der Waals surface area (Å²) in [5.74, 6) is 0.233. The molecule has 0 aromatic heterocycles. The van der Waals surface area contributed by atoms with E-state index in [1.54, 1.807) is 10.0 Å². The molecule has 2 aliphatic rings. The van der Waals surface area contributed by atoms with Crippen molar-refractivity contribution >= 4 is 11.8 Å². The molecule has 0 saturated carbocycles. The summed E-state index contributed by atoms with van der Waals surface area (Å²) in [5.41, 5.74) is 0. The average molecular weight is 182 g/mol. The minimum absolute atomic E-state index is 0.116. The molecule has 0 radical (unpaired) electrons. The fraction of sp³-hybridized carbons (Fsp3) is 0.778. The van der Waals surface area contributed by atoms with Crippen LogP contribution in [0.15, 0.2) is 0 Å². The van der Waals surface area contributed by atoms with Crippen molar-refractivity contribution in [3.63, 3.8) is 0 Å². The van der Waals surface area contributed by atoms with Gasteiger partial charge >= 0.3 is 0 Å². The number of hydrogen-bond acceptors (Lipinski definition) is 2. The van der Waals surface area contributed by atoms with Gasteiger partial charge in [-0.2, -0.15) is 0 Å². The van der Waals surface area contributed by atoms with E-state index in [2.05, 4.69) is 0 Å². The number of hydrogen-bond donors (Lipinski definition) is 0. The first-order valence-corrected chi connectivity index (χ1v) is 4.90. The lowest BCUT2D eigenvalue weighted by Gasteiger charge is -2.37. The molecule has 0 atom stereocenters. The molecule has 2 fully saturated rings. The van der Waals surface area contributed by atoms with Gasteiger partial charge in [0.25, 0.3) is 0 Å². The van der Waals surface area contributed by atoms with Crippen molar-refractivity contribution in [1.29, 1.82) is 0 Å². The summed E-state index contributed by atoms with van der Waals surface area (Å²) in [6.07, 6.45) is 3.82. The third-order valence-electron chi connectivity index (χ3n) is 2.64. The number of hydrazine groups is 1. The van der Waals surface area contributed by atoms with E-state index in [-0.39, 0.29) is 11.8 Å². The number of carbonyl (C=O) groups excluding carboxylic acids is 2. The Morgan fingerprint density at radius 3 is 1.69 bits per heavy atom. The summed E-state index contributed by atoms with van der Waals surface area (Å²) in [7, 11) is 0. The van der Waals surface area contributed by atoms with Crippen molar-refractivity contribution < 1.29 is 9.59 Å². The highest BCUT2D eigenvalue weighted by atomic mass is 16.2. The van der Waals surface area contributed by atoms with Gasteiger partial charge in [0.15, 0.2) is 0 Å². The first-order chi connectivity index (χ1) is 6.29. The second kappa shape index (κ2) is 3.36. The lowest BCUT2D eigenvalue weighted by atomic mass is 10.2. The molecule has 2 heterocycles. The first kappa shape index (κ1) is 8.53. The van der Waals surface area contributed by atoms with Gasteiger partial charge in [-0.3, -0.25) is 19.6 Å². The molecule has 4 nitrogen and oxygen atoms in total. The fourth-order valence-electron chi connectivity index (χ4n) is 1.93. The van der Waals surface area contributed by atoms with E-state index >= 15 is 0 Å². The Balaban J connectivity index is 2.18. The van der Waals surface area contributed by atoms with Crippen LogP contribution in [0, 0.1) is 0 Å². The third kappa shape index (κ3) is 1.53. The van der Waals surface area contributed by atoms with Crippen LogP contribution >= 0.6 is 0 Å². The summed E-state index contributed by atoms with van der Waals surface area (Å²) in [6.45, 7) is 1.45. The lowest BCUT2D eigenvalue weighted by Crippen LogP contribution is -2.51. The maximum absolute atomic E-state index is 11.5. The maximum atomic E-state index is 11.5. The molecule has 0 bridgehead atoms. The fourth-order valence-corrected chi connectivity index (χ4v) is 1.93. The first-order valence-electron chi connectivity index (χ1n) is 4.90. The minimum atomic E-state index is 0.116. The van der Waals surface area contributed by atoms with Crippen LogP contribution in [0.25, 0.3) is 0 Å². The van der Waals surface area contributed by atoms with Crippen LogP contribution in [0.2, 0.25) is 0 Å². The van der Waals surface area contributed by atoms with E-state index in [4.69, 9.17) is 0 Å². The zero-order valence-corrected chi connectivity index (χ0v) is 7.66.